The smallest absolute Gasteiger partial charge is 0.263 e. The first kappa shape index (κ1) is 32.8. The van der Waals surface area contributed by atoms with Crippen molar-refractivity contribution in [1.29, 1.82) is 0 Å². The molecular formula is C40H40N6O4. The normalized spacial score (nSPS) is 14.1. The molecule has 1 aliphatic rings. The fourth-order valence-corrected chi connectivity index (χ4v) is 6.94. The Labute approximate surface area is 290 Å². The van der Waals surface area contributed by atoms with E-state index in [1.54, 1.807) is 25.1 Å². The maximum atomic E-state index is 14.5. The molecule has 0 bridgehead atoms. The lowest BCUT2D eigenvalue weighted by atomic mass is 9.99. The van der Waals surface area contributed by atoms with Crippen molar-refractivity contribution in [2.24, 2.45) is 0 Å². The van der Waals surface area contributed by atoms with Crippen molar-refractivity contribution < 1.29 is 14.3 Å². The lowest BCUT2D eigenvalue weighted by Crippen LogP contribution is -2.47. The lowest BCUT2D eigenvalue weighted by molar-refractivity contribution is 0.0934. The van der Waals surface area contributed by atoms with Gasteiger partial charge in [0.25, 0.3) is 11.5 Å². The molecule has 1 amide bonds. The number of carbonyl (C=O) groups excluding carboxylic acids is 1. The summed E-state index contributed by atoms with van der Waals surface area (Å²) in [5, 5.41) is 5.35. The standard InChI is InChI=1S/C40H40N6O4/c1-4-32(27-13-7-5-8-14-27)43-39(47)37-29-17-11-12-18-30(29)40(48)46(28-15-9-6-10-16-28)34(37)25-44-19-21-45(22-20-44)38-31-23-35(49-2)36(50-3)24-33(31)41-26-42-38/h5-18,23-24,26,32H,4,19-22,25H2,1-3H3,(H,43,47)/t32-/m0/s1. The Kier molecular flexibility index (Phi) is 9.44. The highest BCUT2D eigenvalue weighted by molar-refractivity contribution is 6.08. The van der Waals surface area contributed by atoms with Gasteiger partial charge in [0.2, 0.25) is 0 Å². The number of ether oxygens (including phenoxy) is 2. The van der Waals surface area contributed by atoms with E-state index < -0.39 is 0 Å². The van der Waals surface area contributed by atoms with Crippen molar-refractivity contribution in [3.05, 3.63) is 131 Å². The number of hydrogen-bond donors (Lipinski definition) is 1. The van der Waals surface area contributed by atoms with Crippen molar-refractivity contribution >= 4 is 33.4 Å². The number of hydrogen-bond acceptors (Lipinski definition) is 8. The number of benzene rings is 4. The van der Waals surface area contributed by atoms with E-state index in [-0.39, 0.29) is 17.5 Å². The molecule has 0 saturated carbocycles. The number of rotatable bonds is 10. The molecule has 1 atom stereocenters. The van der Waals surface area contributed by atoms with Crippen LogP contribution in [-0.4, -0.2) is 65.7 Å². The largest absolute Gasteiger partial charge is 0.493 e. The summed E-state index contributed by atoms with van der Waals surface area (Å²) < 4.78 is 12.8. The van der Waals surface area contributed by atoms with Gasteiger partial charge >= 0.3 is 0 Å². The molecule has 10 nitrogen and oxygen atoms in total. The van der Waals surface area contributed by atoms with Gasteiger partial charge in [-0.1, -0.05) is 73.7 Å². The molecule has 7 rings (SSSR count). The minimum atomic E-state index is -0.202. The zero-order valence-electron chi connectivity index (χ0n) is 28.5. The quantitative estimate of drug-likeness (QED) is 0.186. The second-order valence-corrected chi connectivity index (χ2v) is 12.4. The topological polar surface area (TPSA) is 102 Å². The fourth-order valence-electron chi connectivity index (χ4n) is 6.94. The minimum Gasteiger partial charge on any atom is -0.493 e. The van der Waals surface area contributed by atoms with Crippen LogP contribution in [0.4, 0.5) is 5.82 Å². The highest BCUT2D eigenvalue weighted by Gasteiger charge is 2.28. The van der Waals surface area contributed by atoms with Crippen LogP contribution in [0.2, 0.25) is 0 Å². The van der Waals surface area contributed by atoms with Crippen LogP contribution >= 0.6 is 0 Å². The monoisotopic (exact) mass is 668 g/mol. The molecule has 1 aliphatic heterocycles. The Morgan fingerprint density at radius 2 is 1.44 bits per heavy atom. The predicted molar refractivity (Wildman–Crippen MR) is 197 cm³/mol. The van der Waals surface area contributed by atoms with Crippen LogP contribution < -0.4 is 25.2 Å². The third-order valence-corrected chi connectivity index (χ3v) is 9.51. The lowest BCUT2D eigenvalue weighted by Gasteiger charge is -2.36. The number of piperazine rings is 1. The molecule has 254 valence electrons. The second kappa shape index (κ2) is 14.4. The SMILES string of the molecule is CC[C@H](NC(=O)c1c(CN2CCN(c3ncnc4cc(OC)c(OC)cc34)CC2)n(-c2ccccc2)c(=O)c2ccccc12)c1ccccc1. The number of nitrogens with one attached hydrogen (secondary N) is 1. The first-order valence-electron chi connectivity index (χ1n) is 16.9. The van der Waals surface area contributed by atoms with E-state index in [1.165, 1.54) is 0 Å². The maximum Gasteiger partial charge on any atom is 0.263 e. The number of methoxy groups -OCH3 is 2. The average molecular weight is 669 g/mol. The number of carbonyl (C=O) groups is 1. The summed E-state index contributed by atoms with van der Waals surface area (Å²) in [6.07, 6.45) is 2.30. The van der Waals surface area contributed by atoms with Crippen LogP contribution in [0.1, 0.15) is 41.0 Å². The Bertz CT molecular complexity index is 2200. The van der Waals surface area contributed by atoms with Gasteiger partial charge in [-0.25, -0.2) is 9.97 Å². The molecule has 1 N–H and O–H groups in total. The number of pyridine rings is 1. The summed E-state index contributed by atoms with van der Waals surface area (Å²) in [5.74, 6) is 1.86. The van der Waals surface area contributed by atoms with Crippen molar-refractivity contribution in [1.82, 2.24) is 24.8 Å². The zero-order valence-corrected chi connectivity index (χ0v) is 28.5. The van der Waals surface area contributed by atoms with Gasteiger partial charge in [0.1, 0.15) is 12.1 Å². The van der Waals surface area contributed by atoms with Gasteiger partial charge in [-0.2, -0.15) is 0 Å². The highest BCUT2D eigenvalue weighted by Crippen LogP contribution is 2.35. The summed E-state index contributed by atoms with van der Waals surface area (Å²) >= 11 is 0. The van der Waals surface area contributed by atoms with Gasteiger partial charge in [0.05, 0.1) is 37.0 Å². The van der Waals surface area contributed by atoms with E-state index in [0.717, 1.165) is 34.4 Å². The molecule has 0 aliphatic carbocycles. The molecule has 4 aromatic carbocycles. The first-order valence-corrected chi connectivity index (χ1v) is 16.9. The number of aromatic nitrogens is 3. The maximum absolute atomic E-state index is 14.5. The van der Waals surface area contributed by atoms with Crippen molar-refractivity contribution in [3.8, 4) is 17.2 Å². The predicted octanol–water partition coefficient (Wildman–Crippen LogP) is 6.15. The van der Waals surface area contributed by atoms with Crippen molar-refractivity contribution in [2.75, 3.05) is 45.3 Å². The molecule has 0 unspecified atom stereocenters. The van der Waals surface area contributed by atoms with Crippen LogP contribution in [0.25, 0.3) is 27.4 Å². The molecule has 0 spiro atoms. The summed E-state index contributed by atoms with van der Waals surface area (Å²) in [6.45, 7) is 5.24. The molecule has 10 heteroatoms. The summed E-state index contributed by atoms with van der Waals surface area (Å²) in [7, 11) is 3.23. The Hall–Kier alpha value is -5.74. The number of para-hydroxylation sites is 1. The molecule has 3 heterocycles. The second-order valence-electron chi connectivity index (χ2n) is 12.4. The molecule has 1 fully saturated rings. The highest BCUT2D eigenvalue weighted by atomic mass is 16.5. The third kappa shape index (κ3) is 6.25. The summed E-state index contributed by atoms with van der Waals surface area (Å²) in [6, 6.07) is 30.6. The van der Waals surface area contributed by atoms with Crippen LogP contribution in [0, 0.1) is 0 Å². The number of fused-ring (bicyclic) bond motifs is 2. The van der Waals surface area contributed by atoms with Crippen LogP contribution in [0.15, 0.2) is 108 Å². The molecule has 6 aromatic rings. The van der Waals surface area contributed by atoms with E-state index in [0.29, 0.717) is 66.3 Å². The van der Waals surface area contributed by atoms with Crippen LogP contribution in [0.5, 0.6) is 11.5 Å². The van der Waals surface area contributed by atoms with Gasteiger partial charge < -0.3 is 19.7 Å². The molecule has 50 heavy (non-hydrogen) atoms. The molecule has 1 saturated heterocycles. The molecule has 2 aromatic heterocycles. The average Bonchev–Trinajstić information content (AvgIpc) is 3.17. The fraction of sp³-hybridized carbons (Fsp3) is 0.250. The van der Waals surface area contributed by atoms with Gasteiger partial charge in [0, 0.05) is 60.6 Å². The zero-order chi connectivity index (χ0) is 34.6. The minimum absolute atomic E-state index is 0.149. The number of nitrogens with zero attached hydrogens (tertiary/aromatic N) is 5. The Balaban J connectivity index is 1.26. The van der Waals surface area contributed by atoms with Gasteiger partial charge in [0.15, 0.2) is 11.5 Å². The summed E-state index contributed by atoms with van der Waals surface area (Å²) in [5.41, 5.74) is 3.56. The van der Waals surface area contributed by atoms with E-state index in [9.17, 15) is 9.59 Å². The first-order chi connectivity index (χ1) is 24.5. The van der Waals surface area contributed by atoms with Crippen LogP contribution in [-0.2, 0) is 6.54 Å². The Morgan fingerprint density at radius 3 is 2.12 bits per heavy atom. The van der Waals surface area contributed by atoms with Gasteiger partial charge in [-0.05, 0) is 36.2 Å². The Morgan fingerprint density at radius 1 is 0.800 bits per heavy atom. The number of amides is 1. The molecule has 0 radical (unpaired) electrons. The van der Waals surface area contributed by atoms with E-state index >= 15 is 0 Å². The van der Waals surface area contributed by atoms with Gasteiger partial charge in [-0.15, -0.1) is 0 Å². The number of anilines is 1. The van der Waals surface area contributed by atoms with E-state index in [4.69, 9.17) is 9.47 Å². The third-order valence-electron chi connectivity index (χ3n) is 9.51. The van der Waals surface area contributed by atoms with Crippen molar-refractivity contribution in [2.45, 2.75) is 25.9 Å². The van der Waals surface area contributed by atoms with Crippen LogP contribution in [0.3, 0.4) is 0 Å². The van der Waals surface area contributed by atoms with E-state index in [1.807, 2.05) is 97.1 Å². The van der Waals surface area contributed by atoms with E-state index in [2.05, 4.69) is 32.0 Å². The molecular weight excluding hydrogens is 628 g/mol. The summed E-state index contributed by atoms with van der Waals surface area (Å²) in [4.78, 5) is 42.5. The van der Waals surface area contributed by atoms with Gasteiger partial charge in [-0.3, -0.25) is 19.1 Å². The van der Waals surface area contributed by atoms with Crippen molar-refractivity contribution in [3.63, 3.8) is 0 Å².